The summed E-state index contributed by atoms with van der Waals surface area (Å²) in [7, 11) is 0. The van der Waals surface area contributed by atoms with Crippen LogP contribution in [-0.2, 0) is 10.5 Å². The second kappa shape index (κ2) is 8.64. The van der Waals surface area contributed by atoms with Crippen molar-refractivity contribution in [2.24, 2.45) is 0 Å². The molecule has 0 aliphatic carbocycles. The molecular weight excluding hydrogens is 451 g/mol. The summed E-state index contributed by atoms with van der Waals surface area (Å²) in [5, 5.41) is 5.49. The van der Waals surface area contributed by atoms with Gasteiger partial charge in [0.05, 0.1) is 11.4 Å². The zero-order valence-electron chi connectivity index (χ0n) is 12.7. The summed E-state index contributed by atoms with van der Waals surface area (Å²) in [6.07, 6.45) is 0. The maximum atomic E-state index is 12.0. The first kappa shape index (κ1) is 17.4. The van der Waals surface area contributed by atoms with Gasteiger partial charge in [0.15, 0.2) is 5.13 Å². The van der Waals surface area contributed by atoms with E-state index in [0.29, 0.717) is 10.9 Å². The highest BCUT2D eigenvalue weighted by atomic mass is 127. The minimum absolute atomic E-state index is 0.0144. The zero-order chi connectivity index (χ0) is 16.8. The number of carbonyl (C=O) groups excluding carboxylic acids is 1. The van der Waals surface area contributed by atoms with Crippen LogP contribution in [0.2, 0.25) is 0 Å². The third-order valence-corrected chi connectivity index (χ3v) is 5.72. The van der Waals surface area contributed by atoms with Crippen LogP contribution in [0.15, 0.2) is 60.0 Å². The molecule has 0 radical (unpaired) electrons. The van der Waals surface area contributed by atoms with Gasteiger partial charge in [0.2, 0.25) is 5.91 Å². The van der Waals surface area contributed by atoms with Gasteiger partial charge in [0.25, 0.3) is 0 Å². The molecule has 0 spiro atoms. The Morgan fingerprint density at radius 3 is 2.62 bits per heavy atom. The van der Waals surface area contributed by atoms with Crippen LogP contribution in [0.25, 0.3) is 11.3 Å². The maximum Gasteiger partial charge on any atom is 0.236 e. The Morgan fingerprint density at radius 1 is 1.12 bits per heavy atom. The maximum absolute atomic E-state index is 12.0. The fourth-order valence-corrected chi connectivity index (χ4v) is 3.96. The number of hydrogen-bond donors (Lipinski definition) is 1. The highest BCUT2D eigenvalue weighted by molar-refractivity contribution is 14.1. The van der Waals surface area contributed by atoms with E-state index in [-0.39, 0.29) is 5.91 Å². The summed E-state index contributed by atoms with van der Waals surface area (Å²) in [5.41, 5.74) is 3.18. The van der Waals surface area contributed by atoms with E-state index < -0.39 is 0 Å². The standard InChI is InChI=1S/C18H15IN2OS2/c19-15-8-6-14(7-9-15)16-11-24-18(20-16)21-17(22)12-23-10-13-4-2-1-3-5-13/h1-9,11H,10,12H2,(H,20,21,22). The number of thioether (sulfide) groups is 1. The lowest BCUT2D eigenvalue weighted by Gasteiger charge is -2.02. The van der Waals surface area contributed by atoms with E-state index in [0.717, 1.165) is 17.0 Å². The lowest BCUT2D eigenvalue weighted by molar-refractivity contribution is -0.113. The Balaban J connectivity index is 1.51. The Bertz CT molecular complexity index is 803. The molecule has 1 N–H and O–H groups in total. The van der Waals surface area contributed by atoms with Crippen molar-refractivity contribution in [3.8, 4) is 11.3 Å². The smallest absolute Gasteiger partial charge is 0.236 e. The monoisotopic (exact) mass is 466 g/mol. The van der Waals surface area contributed by atoms with Crippen molar-refractivity contribution in [1.29, 1.82) is 0 Å². The molecule has 1 heterocycles. The number of rotatable bonds is 6. The molecule has 0 bridgehead atoms. The van der Waals surface area contributed by atoms with Gasteiger partial charge in [-0.25, -0.2) is 4.98 Å². The molecule has 3 aromatic rings. The van der Waals surface area contributed by atoms with E-state index in [1.54, 1.807) is 11.8 Å². The predicted molar refractivity (Wildman–Crippen MR) is 112 cm³/mol. The second-order valence-corrected chi connectivity index (χ2v) is 8.16. The molecule has 6 heteroatoms. The number of thiazole rings is 1. The fourth-order valence-electron chi connectivity index (χ4n) is 2.08. The molecule has 0 unspecified atom stereocenters. The SMILES string of the molecule is O=C(CSCc1ccccc1)Nc1nc(-c2ccc(I)cc2)cs1. The molecule has 1 amide bonds. The summed E-state index contributed by atoms with van der Waals surface area (Å²) in [4.78, 5) is 16.5. The number of amides is 1. The van der Waals surface area contributed by atoms with Gasteiger partial charge in [-0.05, 0) is 40.3 Å². The minimum atomic E-state index is -0.0144. The minimum Gasteiger partial charge on any atom is -0.301 e. The highest BCUT2D eigenvalue weighted by Gasteiger charge is 2.08. The third-order valence-electron chi connectivity index (χ3n) is 3.24. The van der Waals surface area contributed by atoms with Crippen molar-refractivity contribution < 1.29 is 4.79 Å². The van der Waals surface area contributed by atoms with Gasteiger partial charge in [-0.15, -0.1) is 23.1 Å². The van der Waals surface area contributed by atoms with Crippen LogP contribution < -0.4 is 5.32 Å². The van der Waals surface area contributed by atoms with E-state index in [1.165, 1.54) is 20.5 Å². The van der Waals surface area contributed by atoms with E-state index in [2.05, 4.69) is 45.0 Å². The number of nitrogens with zero attached hydrogens (tertiary/aromatic N) is 1. The highest BCUT2D eigenvalue weighted by Crippen LogP contribution is 2.25. The van der Waals surface area contributed by atoms with Gasteiger partial charge in [0, 0.05) is 20.3 Å². The van der Waals surface area contributed by atoms with E-state index in [1.807, 2.05) is 47.8 Å². The molecule has 122 valence electrons. The molecule has 3 rings (SSSR count). The number of anilines is 1. The Labute approximate surface area is 163 Å². The average Bonchev–Trinajstić information content (AvgIpc) is 3.05. The van der Waals surface area contributed by atoms with Crippen molar-refractivity contribution in [3.05, 3.63) is 69.1 Å². The Kier molecular flexibility index (Phi) is 6.28. The first-order valence-electron chi connectivity index (χ1n) is 7.34. The van der Waals surface area contributed by atoms with E-state index >= 15 is 0 Å². The normalized spacial score (nSPS) is 10.5. The summed E-state index contributed by atoms with van der Waals surface area (Å²) < 4.78 is 1.19. The first-order valence-corrected chi connectivity index (χ1v) is 10.4. The first-order chi connectivity index (χ1) is 11.7. The van der Waals surface area contributed by atoms with Crippen molar-refractivity contribution in [1.82, 2.24) is 4.98 Å². The lowest BCUT2D eigenvalue weighted by Crippen LogP contribution is -2.13. The molecular formula is C18H15IN2OS2. The molecule has 1 aromatic heterocycles. The van der Waals surface area contributed by atoms with Gasteiger partial charge in [-0.3, -0.25) is 4.79 Å². The molecule has 0 saturated carbocycles. The number of halogens is 1. The van der Waals surface area contributed by atoms with Gasteiger partial charge < -0.3 is 5.32 Å². The van der Waals surface area contributed by atoms with Crippen molar-refractivity contribution in [2.45, 2.75) is 5.75 Å². The number of carbonyl (C=O) groups is 1. The summed E-state index contributed by atoms with van der Waals surface area (Å²) >= 11 is 5.33. The largest absolute Gasteiger partial charge is 0.301 e. The van der Waals surface area contributed by atoms with Crippen molar-refractivity contribution in [3.63, 3.8) is 0 Å². The zero-order valence-corrected chi connectivity index (χ0v) is 16.5. The molecule has 0 atom stereocenters. The quantitative estimate of drug-likeness (QED) is 0.503. The fraction of sp³-hybridized carbons (Fsp3) is 0.111. The molecule has 0 aliphatic rings. The van der Waals surface area contributed by atoms with Crippen LogP contribution in [0.4, 0.5) is 5.13 Å². The van der Waals surface area contributed by atoms with Crippen molar-refractivity contribution >= 4 is 56.7 Å². The topological polar surface area (TPSA) is 42.0 Å². The van der Waals surface area contributed by atoms with Gasteiger partial charge >= 0.3 is 0 Å². The number of benzene rings is 2. The molecule has 0 fully saturated rings. The Hall–Kier alpha value is -1.38. The van der Waals surface area contributed by atoms with Gasteiger partial charge in [0.1, 0.15) is 0 Å². The van der Waals surface area contributed by atoms with Gasteiger partial charge in [-0.1, -0.05) is 42.5 Å². The molecule has 2 aromatic carbocycles. The molecule has 0 saturated heterocycles. The Morgan fingerprint density at radius 2 is 1.88 bits per heavy atom. The third kappa shape index (κ3) is 5.06. The van der Waals surface area contributed by atoms with Crippen LogP contribution in [0.5, 0.6) is 0 Å². The second-order valence-electron chi connectivity index (χ2n) is 5.07. The number of hydrogen-bond acceptors (Lipinski definition) is 4. The van der Waals surface area contributed by atoms with Crippen LogP contribution in [-0.4, -0.2) is 16.6 Å². The van der Waals surface area contributed by atoms with Crippen LogP contribution in [0, 0.1) is 3.57 Å². The molecule has 0 aliphatic heterocycles. The van der Waals surface area contributed by atoms with Crippen LogP contribution in [0.3, 0.4) is 0 Å². The predicted octanol–water partition coefficient (Wildman–Crippen LogP) is 5.29. The molecule has 24 heavy (non-hydrogen) atoms. The summed E-state index contributed by atoms with van der Waals surface area (Å²) in [5.74, 6) is 1.24. The molecule has 3 nitrogen and oxygen atoms in total. The number of aromatic nitrogens is 1. The summed E-state index contributed by atoms with van der Waals surface area (Å²) in [6, 6.07) is 18.3. The summed E-state index contributed by atoms with van der Waals surface area (Å²) in [6.45, 7) is 0. The van der Waals surface area contributed by atoms with Crippen molar-refractivity contribution in [2.75, 3.05) is 11.1 Å². The number of nitrogens with one attached hydrogen (secondary N) is 1. The van der Waals surface area contributed by atoms with E-state index in [4.69, 9.17) is 0 Å². The van der Waals surface area contributed by atoms with Crippen LogP contribution in [0.1, 0.15) is 5.56 Å². The van der Waals surface area contributed by atoms with Gasteiger partial charge in [-0.2, -0.15) is 0 Å². The van der Waals surface area contributed by atoms with E-state index in [9.17, 15) is 4.79 Å². The lowest BCUT2D eigenvalue weighted by atomic mass is 10.2. The average molecular weight is 466 g/mol. The van der Waals surface area contributed by atoms with Crippen LogP contribution >= 0.6 is 45.7 Å².